The molecule has 0 saturated heterocycles. The lowest BCUT2D eigenvalue weighted by atomic mass is 10.0. The van der Waals surface area contributed by atoms with Crippen molar-refractivity contribution in [3.63, 3.8) is 0 Å². The van der Waals surface area contributed by atoms with Crippen molar-refractivity contribution in [3.05, 3.63) is 34.2 Å². The molecule has 1 aromatic rings. The molecule has 4 heteroatoms. The van der Waals surface area contributed by atoms with Crippen molar-refractivity contribution in [1.29, 1.82) is 0 Å². The molecule has 3 nitrogen and oxygen atoms in total. The fourth-order valence-electron chi connectivity index (χ4n) is 1.62. The molecular formula is C15H23NO2S. The summed E-state index contributed by atoms with van der Waals surface area (Å²) in [6.45, 7) is 8.20. The maximum absolute atomic E-state index is 12.0. The number of carbonyl (C=O) groups excluding carboxylic acids is 1. The van der Waals surface area contributed by atoms with Crippen LogP contribution in [-0.4, -0.2) is 16.5 Å². The van der Waals surface area contributed by atoms with E-state index < -0.39 is 0 Å². The highest BCUT2D eigenvalue weighted by molar-refractivity contribution is 7.99. The Labute approximate surface area is 119 Å². The van der Waals surface area contributed by atoms with Crippen LogP contribution in [0.5, 0.6) is 0 Å². The van der Waals surface area contributed by atoms with Crippen molar-refractivity contribution in [2.24, 2.45) is 11.8 Å². The van der Waals surface area contributed by atoms with Crippen LogP contribution in [0, 0.1) is 11.8 Å². The molecule has 106 valence electrons. The molecule has 0 aliphatic heterocycles. The number of aromatic amines is 1. The van der Waals surface area contributed by atoms with Crippen molar-refractivity contribution >= 4 is 17.5 Å². The number of thioether (sulfide) groups is 1. The number of hydrogen-bond acceptors (Lipinski definition) is 3. The van der Waals surface area contributed by atoms with E-state index in [0.717, 1.165) is 11.3 Å². The summed E-state index contributed by atoms with van der Waals surface area (Å²) in [5.41, 5.74) is 0.922. The summed E-state index contributed by atoms with van der Waals surface area (Å²) < 4.78 is 0. The minimum Gasteiger partial charge on any atom is -0.329 e. The second-order valence-electron chi connectivity index (χ2n) is 5.53. The van der Waals surface area contributed by atoms with E-state index in [4.69, 9.17) is 0 Å². The summed E-state index contributed by atoms with van der Waals surface area (Å²) >= 11 is 1.79. The molecule has 19 heavy (non-hydrogen) atoms. The van der Waals surface area contributed by atoms with Crippen LogP contribution in [0.1, 0.15) is 44.9 Å². The molecule has 0 aliphatic carbocycles. The number of H-pyrrole nitrogens is 1. The lowest BCUT2D eigenvalue weighted by molar-refractivity contribution is -0.121. The molecule has 1 rings (SSSR count). The molecule has 1 N–H and O–H groups in total. The van der Waals surface area contributed by atoms with Crippen molar-refractivity contribution in [1.82, 2.24) is 4.98 Å². The summed E-state index contributed by atoms with van der Waals surface area (Å²) in [7, 11) is 0. The lowest BCUT2D eigenvalue weighted by Gasteiger charge is -2.18. The fraction of sp³-hybridized carbons (Fsp3) is 0.600. The van der Waals surface area contributed by atoms with E-state index in [9.17, 15) is 9.59 Å². The van der Waals surface area contributed by atoms with Gasteiger partial charge in [-0.1, -0.05) is 33.8 Å². The summed E-state index contributed by atoms with van der Waals surface area (Å²) in [6, 6.07) is 3.35. The predicted molar refractivity (Wildman–Crippen MR) is 81.6 cm³/mol. The van der Waals surface area contributed by atoms with E-state index in [1.165, 1.54) is 6.07 Å². The average Bonchev–Trinajstić information content (AvgIpc) is 2.35. The molecule has 1 heterocycles. The third kappa shape index (κ3) is 5.64. The van der Waals surface area contributed by atoms with Gasteiger partial charge in [0.2, 0.25) is 5.56 Å². The van der Waals surface area contributed by atoms with Gasteiger partial charge in [-0.15, -0.1) is 0 Å². The predicted octanol–water partition coefficient (Wildman–Crippen LogP) is 3.42. The molecule has 1 atom stereocenters. The second-order valence-corrected chi connectivity index (χ2v) is 6.76. The summed E-state index contributed by atoms with van der Waals surface area (Å²) in [4.78, 5) is 25.8. The van der Waals surface area contributed by atoms with Gasteiger partial charge in [0.1, 0.15) is 5.78 Å². The fourth-order valence-corrected chi connectivity index (χ4v) is 2.86. The van der Waals surface area contributed by atoms with Crippen LogP contribution in [-0.2, 0) is 4.79 Å². The van der Waals surface area contributed by atoms with E-state index in [1.807, 2.05) is 19.9 Å². The highest BCUT2D eigenvalue weighted by Crippen LogP contribution is 2.33. The molecular weight excluding hydrogens is 258 g/mol. The van der Waals surface area contributed by atoms with Crippen LogP contribution in [0.2, 0.25) is 0 Å². The zero-order chi connectivity index (χ0) is 14.4. The Morgan fingerprint density at radius 2 is 1.95 bits per heavy atom. The third-order valence-electron chi connectivity index (χ3n) is 2.84. The maximum atomic E-state index is 12.0. The molecule has 1 unspecified atom stereocenters. The van der Waals surface area contributed by atoms with Crippen LogP contribution in [0.4, 0.5) is 0 Å². The number of rotatable bonds is 7. The van der Waals surface area contributed by atoms with Gasteiger partial charge in [0.15, 0.2) is 0 Å². The van der Waals surface area contributed by atoms with Crippen LogP contribution < -0.4 is 5.56 Å². The van der Waals surface area contributed by atoms with Crippen molar-refractivity contribution in [2.75, 3.05) is 5.75 Å². The standard InChI is InChI=1S/C15H23NO2S/c1-10(2)9-19-14(7-13(17)11(3)4)12-5-6-15(18)16-8-12/h5-6,8,10-11,14H,7,9H2,1-4H3,(H,16,18). The Kier molecular flexibility index (Phi) is 6.35. The Balaban J connectivity index is 2.82. The number of carbonyl (C=O) groups is 1. The van der Waals surface area contributed by atoms with Crippen LogP contribution in [0.25, 0.3) is 0 Å². The van der Waals surface area contributed by atoms with Crippen LogP contribution >= 0.6 is 11.8 Å². The Morgan fingerprint density at radius 3 is 2.42 bits per heavy atom. The Morgan fingerprint density at radius 1 is 1.26 bits per heavy atom. The van der Waals surface area contributed by atoms with Gasteiger partial charge in [0.25, 0.3) is 0 Å². The minimum absolute atomic E-state index is 0.0601. The first-order chi connectivity index (χ1) is 8.90. The average molecular weight is 281 g/mol. The topological polar surface area (TPSA) is 49.9 Å². The third-order valence-corrected chi connectivity index (χ3v) is 4.54. The molecule has 0 bridgehead atoms. The van der Waals surface area contributed by atoms with E-state index in [1.54, 1.807) is 18.0 Å². The number of aromatic nitrogens is 1. The van der Waals surface area contributed by atoms with E-state index in [2.05, 4.69) is 18.8 Å². The smallest absolute Gasteiger partial charge is 0.247 e. The Hall–Kier alpha value is -1.03. The molecule has 1 aromatic heterocycles. The van der Waals surface area contributed by atoms with Gasteiger partial charge in [-0.05, 0) is 17.2 Å². The summed E-state index contributed by atoms with van der Waals surface area (Å²) in [6.07, 6.45) is 2.26. The van der Waals surface area contributed by atoms with Crippen molar-refractivity contribution < 1.29 is 4.79 Å². The van der Waals surface area contributed by atoms with Gasteiger partial charge >= 0.3 is 0 Å². The van der Waals surface area contributed by atoms with Crippen molar-refractivity contribution in [2.45, 2.75) is 39.4 Å². The first-order valence-corrected chi connectivity index (χ1v) is 7.78. The molecule has 0 saturated carbocycles. The van der Waals surface area contributed by atoms with Gasteiger partial charge in [-0.2, -0.15) is 11.8 Å². The van der Waals surface area contributed by atoms with Crippen molar-refractivity contribution in [3.8, 4) is 0 Å². The summed E-state index contributed by atoms with van der Waals surface area (Å²) in [5, 5.41) is 0.133. The molecule has 0 aliphatic rings. The van der Waals surface area contributed by atoms with Gasteiger partial charge < -0.3 is 4.98 Å². The first kappa shape index (κ1) is 16.0. The van der Waals surface area contributed by atoms with Gasteiger partial charge in [-0.3, -0.25) is 9.59 Å². The number of hydrogen-bond donors (Lipinski definition) is 1. The van der Waals surface area contributed by atoms with E-state index >= 15 is 0 Å². The first-order valence-electron chi connectivity index (χ1n) is 6.73. The van der Waals surface area contributed by atoms with Crippen LogP contribution in [0.3, 0.4) is 0 Å². The molecule has 0 radical (unpaired) electrons. The van der Waals surface area contributed by atoms with E-state index in [0.29, 0.717) is 12.3 Å². The monoisotopic (exact) mass is 281 g/mol. The van der Waals surface area contributed by atoms with Gasteiger partial charge in [0, 0.05) is 29.9 Å². The largest absolute Gasteiger partial charge is 0.329 e. The number of ketones is 1. The molecule has 0 fully saturated rings. The molecule has 0 amide bonds. The SMILES string of the molecule is CC(C)CSC(CC(=O)C(C)C)c1ccc(=O)[nH]c1. The molecule has 0 aromatic carbocycles. The highest BCUT2D eigenvalue weighted by atomic mass is 32.2. The zero-order valence-corrected chi connectivity index (χ0v) is 12.9. The van der Waals surface area contributed by atoms with Gasteiger partial charge in [0.05, 0.1) is 0 Å². The number of Topliss-reactive ketones (excluding diaryl/α,β-unsaturated/α-hetero) is 1. The normalized spacial score (nSPS) is 12.9. The van der Waals surface area contributed by atoms with Gasteiger partial charge in [-0.25, -0.2) is 0 Å². The Bertz CT molecular complexity index is 445. The van der Waals surface area contributed by atoms with E-state index in [-0.39, 0.29) is 22.5 Å². The van der Waals surface area contributed by atoms with Crippen LogP contribution in [0.15, 0.2) is 23.1 Å². The number of pyridine rings is 1. The second kappa shape index (κ2) is 7.53. The highest BCUT2D eigenvalue weighted by Gasteiger charge is 2.19. The maximum Gasteiger partial charge on any atom is 0.247 e. The minimum atomic E-state index is -0.105. The zero-order valence-electron chi connectivity index (χ0n) is 12.1. The number of nitrogens with one attached hydrogen (secondary N) is 1. The molecule has 0 spiro atoms. The lowest BCUT2D eigenvalue weighted by Crippen LogP contribution is -2.13. The quantitative estimate of drug-likeness (QED) is 0.833. The summed E-state index contributed by atoms with van der Waals surface area (Å²) in [5.74, 6) is 1.93.